The normalized spacial score (nSPS) is 11.4. The number of hydrogen-bond donors (Lipinski definition) is 1. The van der Waals surface area contributed by atoms with Crippen LogP contribution in [-0.4, -0.2) is 42.4 Å². The number of rotatable bonds is 8. The molecule has 3 aromatic rings. The zero-order chi connectivity index (χ0) is 21.7. The molecule has 7 nitrogen and oxygen atoms in total. The predicted octanol–water partition coefficient (Wildman–Crippen LogP) is 3.17. The van der Waals surface area contributed by atoms with Crippen LogP contribution in [0.1, 0.15) is 5.56 Å². The number of ether oxygens (including phenoxy) is 1. The lowest BCUT2D eigenvalue weighted by atomic mass is 10.0. The summed E-state index contributed by atoms with van der Waals surface area (Å²) in [6.07, 6.45) is 3.21. The molecule has 0 aliphatic heterocycles. The highest BCUT2D eigenvalue weighted by Gasteiger charge is 2.21. The Morgan fingerprint density at radius 3 is 2.53 bits per heavy atom. The third-order valence-electron chi connectivity index (χ3n) is 4.29. The summed E-state index contributed by atoms with van der Waals surface area (Å²) in [5.74, 6) is -1.28. The van der Waals surface area contributed by atoms with Gasteiger partial charge in [-0.05, 0) is 48.0 Å². The van der Waals surface area contributed by atoms with E-state index in [0.717, 1.165) is 16.4 Å². The van der Waals surface area contributed by atoms with Gasteiger partial charge in [0.05, 0.1) is 4.90 Å². The van der Waals surface area contributed by atoms with Crippen LogP contribution in [0.25, 0.3) is 11.1 Å². The Labute approximate surface area is 173 Å². The van der Waals surface area contributed by atoms with E-state index in [9.17, 15) is 17.6 Å². The topological polar surface area (TPSA) is 96.8 Å². The number of sulfonamides is 1. The molecule has 2 aromatic carbocycles. The molecular formula is C21H19FN2O5S. The molecule has 0 bridgehead atoms. The van der Waals surface area contributed by atoms with Crippen LogP contribution >= 0.6 is 0 Å². The largest absolute Gasteiger partial charge is 0.481 e. The van der Waals surface area contributed by atoms with Crippen LogP contribution in [0.5, 0.6) is 5.75 Å². The van der Waals surface area contributed by atoms with Gasteiger partial charge in [0, 0.05) is 37.1 Å². The Bertz CT molecular complexity index is 1140. The number of carboxylic acids is 1. The summed E-state index contributed by atoms with van der Waals surface area (Å²) in [5.41, 5.74) is 1.95. The third kappa shape index (κ3) is 5.00. The van der Waals surface area contributed by atoms with E-state index in [2.05, 4.69) is 4.98 Å². The van der Waals surface area contributed by atoms with Crippen LogP contribution in [0.2, 0.25) is 0 Å². The fourth-order valence-corrected chi connectivity index (χ4v) is 3.98. The zero-order valence-electron chi connectivity index (χ0n) is 16.0. The van der Waals surface area contributed by atoms with Crippen molar-refractivity contribution in [2.75, 3.05) is 13.7 Å². The number of benzene rings is 2. The van der Waals surface area contributed by atoms with Gasteiger partial charge in [-0.2, -0.15) is 4.31 Å². The van der Waals surface area contributed by atoms with Gasteiger partial charge in [-0.3, -0.25) is 4.98 Å². The SMILES string of the molecule is CN(Cc1ccc(OCC(=O)O)c(-c2cccnc2)c1)S(=O)(=O)c1ccc(F)cc1. The van der Waals surface area contributed by atoms with E-state index in [1.807, 2.05) is 0 Å². The van der Waals surface area contributed by atoms with Crippen LogP contribution in [0.3, 0.4) is 0 Å². The van der Waals surface area contributed by atoms with Crippen molar-refractivity contribution in [2.45, 2.75) is 11.4 Å². The second kappa shape index (κ2) is 9.02. The highest BCUT2D eigenvalue weighted by atomic mass is 32.2. The first-order chi connectivity index (χ1) is 14.3. The summed E-state index contributed by atoms with van der Waals surface area (Å²) in [5, 5.41) is 8.89. The van der Waals surface area contributed by atoms with Crippen molar-refractivity contribution < 1.29 is 27.4 Å². The summed E-state index contributed by atoms with van der Waals surface area (Å²) in [6, 6.07) is 13.1. The Morgan fingerprint density at radius 2 is 1.90 bits per heavy atom. The fourth-order valence-electron chi connectivity index (χ4n) is 2.82. The van der Waals surface area contributed by atoms with Crippen molar-refractivity contribution in [3.8, 4) is 16.9 Å². The highest BCUT2D eigenvalue weighted by Crippen LogP contribution is 2.31. The molecule has 30 heavy (non-hydrogen) atoms. The van der Waals surface area contributed by atoms with Gasteiger partial charge >= 0.3 is 5.97 Å². The van der Waals surface area contributed by atoms with E-state index in [-0.39, 0.29) is 11.4 Å². The molecule has 0 radical (unpaired) electrons. The number of hydrogen-bond acceptors (Lipinski definition) is 5. The van der Waals surface area contributed by atoms with Gasteiger partial charge in [0.1, 0.15) is 11.6 Å². The molecule has 9 heteroatoms. The lowest BCUT2D eigenvalue weighted by Gasteiger charge is -2.19. The number of nitrogens with zero attached hydrogens (tertiary/aromatic N) is 2. The van der Waals surface area contributed by atoms with Crippen molar-refractivity contribution in [3.05, 3.63) is 78.4 Å². The minimum atomic E-state index is -3.82. The Kier molecular flexibility index (Phi) is 6.43. The number of aromatic nitrogens is 1. The lowest BCUT2D eigenvalue weighted by molar-refractivity contribution is -0.139. The molecule has 1 N–H and O–H groups in total. The van der Waals surface area contributed by atoms with E-state index in [1.165, 1.54) is 19.2 Å². The zero-order valence-corrected chi connectivity index (χ0v) is 16.8. The first kappa shape index (κ1) is 21.4. The van der Waals surface area contributed by atoms with E-state index in [4.69, 9.17) is 9.84 Å². The summed E-state index contributed by atoms with van der Waals surface area (Å²) in [7, 11) is -2.39. The van der Waals surface area contributed by atoms with Crippen molar-refractivity contribution in [1.29, 1.82) is 0 Å². The molecule has 0 spiro atoms. The van der Waals surface area contributed by atoms with Crippen LogP contribution in [0.15, 0.2) is 71.9 Å². The molecule has 0 amide bonds. The van der Waals surface area contributed by atoms with E-state index in [0.29, 0.717) is 22.4 Å². The second-order valence-corrected chi connectivity index (χ2v) is 8.51. The predicted molar refractivity (Wildman–Crippen MR) is 108 cm³/mol. The van der Waals surface area contributed by atoms with Crippen LogP contribution < -0.4 is 4.74 Å². The molecule has 0 saturated heterocycles. The first-order valence-electron chi connectivity index (χ1n) is 8.87. The Hall–Kier alpha value is -3.30. The molecule has 0 aliphatic carbocycles. The maximum Gasteiger partial charge on any atom is 0.341 e. The summed E-state index contributed by atoms with van der Waals surface area (Å²) in [6.45, 7) is -0.461. The maximum atomic E-state index is 13.1. The quantitative estimate of drug-likeness (QED) is 0.590. The molecule has 0 aliphatic rings. The van der Waals surface area contributed by atoms with Gasteiger partial charge in [-0.15, -0.1) is 0 Å². The number of pyridine rings is 1. The monoisotopic (exact) mass is 430 g/mol. The Morgan fingerprint density at radius 1 is 1.17 bits per heavy atom. The smallest absolute Gasteiger partial charge is 0.341 e. The molecule has 0 fully saturated rings. The molecule has 3 rings (SSSR count). The summed E-state index contributed by atoms with van der Waals surface area (Å²) >= 11 is 0. The van der Waals surface area contributed by atoms with Gasteiger partial charge in [-0.25, -0.2) is 17.6 Å². The highest BCUT2D eigenvalue weighted by molar-refractivity contribution is 7.89. The molecule has 0 saturated carbocycles. The number of carboxylic acid groups (broad SMARTS) is 1. The molecule has 1 aromatic heterocycles. The second-order valence-electron chi connectivity index (χ2n) is 6.47. The van der Waals surface area contributed by atoms with Crippen molar-refractivity contribution in [1.82, 2.24) is 9.29 Å². The number of halogens is 1. The standard InChI is InChI=1S/C21H19FN2O5S/c1-24(30(27,28)18-7-5-17(22)6-8-18)13-15-4-9-20(29-14-21(25)26)19(11-15)16-3-2-10-23-12-16/h2-12H,13-14H2,1H3,(H,25,26). The molecule has 0 unspecified atom stereocenters. The van der Waals surface area contributed by atoms with E-state index >= 15 is 0 Å². The summed E-state index contributed by atoms with van der Waals surface area (Å²) < 4.78 is 45.1. The molecule has 0 atom stereocenters. The molecular weight excluding hydrogens is 411 g/mol. The van der Waals surface area contributed by atoms with E-state index < -0.39 is 28.4 Å². The maximum absolute atomic E-state index is 13.1. The van der Waals surface area contributed by atoms with Gasteiger partial charge < -0.3 is 9.84 Å². The average Bonchev–Trinajstić information content (AvgIpc) is 2.73. The van der Waals surface area contributed by atoms with E-state index in [1.54, 1.807) is 42.7 Å². The van der Waals surface area contributed by atoms with Gasteiger partial charge in [0.25, 0.3) is 0 Å². The third-order valence-corrected chi connectivity index (χ3v) is 6.11. The van der Waals surface area contributed by atoms with Gasteiger partial charge in [-0.1, -0.05) is 12.1 Å². The van der Waals surface area contributed by atoms with Crippen LogP contribution in [-0.2, 0) is 21.4 Å². The molecule has 1 heterocycles. The number of carbonyl (C=O) groups is 1. The summed E-state index contributed by atoms with van der Waals surface area (Å²) in [4.78, 5) is 14.9. The van der Waals surface area contributed by atoms with Crippen molar-refractivity contribution >= 4 is 16.0 Å². The van der Waals surface area contributed by atoms with Gasteiger partial charge in [0.2, 0.25) is 10.0 Å². The van der Waals surface area contributed by atoms with Crippen LogP contribution in [0.4, 0.5) is 4.39 Å². The van der Waals surface area contributed by atoms with Gasteiger partial charge in [0.15, 0.2) is 6.61 Å². The average molecular weight is 430 g/mol. The van der Waals surface area contributed by atoms with Crippen molar-refractivity contribution in [2.24, 2.45) is 0 Å². The molecule has 156 valence electrons. The Balaban J connectivity index is 1.90. The number of aliphatic carboxylic acids is 1. The fraction of sp³-hybridized carbons (Fsp3) is 0.143. The minimum Gasteiger partial charge on any atom is -0.481 e. The minimum absolute atomic E-state index is 0.0136. The van der Waals surface area contributed by atoms with Crippen molar-refractivity contribution in [3.63, 3.8) is 0 Å². The first-order valence-corrected chi connectivity index (χ1v) is 10.3. The van der Waals surface area contributed by atoms with Crippen LogP contribution in [0, 0.1) is 5.82 Å². The lowest BCUT2D eigenvalue weighted by Crippen LogP contribution is -2.26.